The van der Waals surface area contributed by atoms with Gasteiger partial charge in [0.05, 0.1) is 26.5 Å². The Balaban J connectivity index is 1.42. The van der Waals surface area contributed by atoms with E-state index in [1.807, 2.05) is 0 Å². The lowest BCUT2D eigenvalue weighted by Gasteiger charge is -2.40. The molecular weight excluding hydrogens is 385 g/mol. The van der Waals surface area contributed by atoms with Crippen LogP contribution in [0.5, 0.6) is 5.88 Å². The molecule has 0 aromatic carbocycles. The number of nitrogens with zero attached hydrogens (tertiary/aromatic N) is 3. The maximum atomic E-state index is 14.2. The summed E-state index contributed by atoms with van der Waals surface area (Å²) in [5, 5.41) is 0. The Labute approximate surface area is 165 Å². The third-order valence-electron chi connectivity index (χ3n) is 6.64. The van der Waals surface area contributed by atoms with Gasteiger partial charge in [-0.25, -0.2) is 17.8 Å². The predicted octanol–water partition coefficient (Wildman–Crippen LogP) is 1.88. The summed E-state index contributed by atoms with van der Waals surface area (Å²) in [7, 11) is -2.51. The minimum Gasteiger partial charge on any atom is -0.481 e. The van der Waals surface area contributed by atoms with Crippen molar-refractivity contribution in [3.63, 3.8) is 0 Å². The number of rotatable bonds is 4. The molecule has 2 saturated heterocycles. The fraction of sp³-hybridized carbons (Fsp3) is 0.737. The van der Waals surface area contributed by atoms with Gasteiger partial charge in [0.25, 0.3) is 0 Å². The van der Waals surface area contributed by atoms with Gasteiger partial charge in [0.2, 0.25) is 15.9 Å². The van der Waals surface area contributed by atoms with Gasteiger partial charge in [-0.3, -0.25) is 4.90 Å². The first kappa shape index (κ1) is 20.0. The molecule has 1 aliphatic carbocycles. The zero-order valence-corrected chi connectivity index (χ0v) is 17.1. The molecule has 1 spiro atoms. The van der Waals surface area contributed by atoms with Crippen LogP contribution in [0.4, 0.5) is 4.39 Å². The third kappa shape index (κ3) is 3.77. The van der Waals surface area contributed by atoms with E-state index in [4.69, 9.17) is 9.47 Å². The summed E-state index contributed by atoms with van der Waals surface area (Å²) >= 11 is 0. The molecule has 0 bridgehead atoms. The summed E-state index contributed by atoms with van der Waals surface area (Å²) in [6, 6.07) is 1.74. The van der Waals surface area contributed by atoms with Gasteiger partial charge in [-0.2, -0.15) is 4.31 Å². The molecule has 0 radical (unpaired) electrons. The summed E-state index contributed by atoms with van der Waals surface area (Å²) < 4.78 is 51.9. The number of pyridine rings is 1. The van der Waals surface area contributed by atoms with E-state index in [2.05, 4.69) is 9.88 Å². The van der Waals surface area contributed by atoms with E-state index in [1.54, 1.807) is 0 Å². The smallest absolute Gasteiger partial charge is 0.246 e. The molecule has 156 valence electrons. The predicted molar refractivity (Wildman–Crippen MR) is 101 cm³/mol. The van der Waals surface area contributed by atoms with Crippen LogP contribution in [0.25, 0.3) is 0 Å². The maximum Gasteiger partial charge on any atom is 0.246 e. The second kappa shape index (κ2) is 7.85. The molecule has 2 aliphatic heterocycles. The van der Waals surface area contributed by atoms with Gasteiger partial charge in [0, 0.05) is 38.3 Å². The average molecular weight is 414 g/mol. The van der Waals surface area contributed by atoms with Crippen molar-refractivity contribution in [3.05, 3.63) is 18.1 Å². The van der Waals surface area contributed by atoms with Crippen LogP contribution in [-0.2, 0) is 14.8 Å². The third-order valence-corrected chi connectivity index (χ3v) is 8.56. The lowest BCUT2D eigenvalue weighted by atomic mass is 9.77. The first-order valence-electron chi connectivity index (χ1n) is 9.95. The van der Waals surface area contributed by atoms with E-state index < -0.39 is 15.8 Å². The van der Waals surface area contributed by atoms with Crippen LogP contribution in [0.15, 0.2) is 17.2 Å². The van der Waals surface area contributed by atoms with E-state index in [9.17, 15) is 12.8 Å². The van der Waals surface area contributed by atoms with Gasteiger partial charge < -0.3 is 9.47 Å². The monoisotopic (exact) mass is 413 g/mol. The highest BCUT2D eigenvalue weighted by atomic mass is 32.2. The van der Waals surface area contributed by atoms with Gasteiger partial charge in [-0.1, -0.05) is 0 Å². The van der Waals surface area contributed by atoms with Crippen LogP contribution in [-0.4, -0.2) is 75.2 Å². The summed E-state index contributed by atoms with van der Waals surface area (Å²) in [5.74, 6) is -0.744. The van der Waals surface area contributed by atoms with Crippen LogP contribution in [0.2, 0.25) is 0 Å². The SMILES string of the molecule is COc1cc(S(=O)(=O)N2CCC3(CCC(N4CCOCC4)C3)CC2)c(F)cn1. The van der Waals surface area contributed by atoms with E-state index in [1.165, 1.54) is 23.9 Å². The number of hydrogen-bond donors (Lipinski definition) is 0. The summed E-state index contributed by atoms with van der Waals surface area (Å²) in [6.45, 7) is 4.45. The molecule has 0 amide bonds. The zero-order chi connectivity index (χ0) is 19.8. The lowest BCUT2D eigenvalue weighted by Crippen LogP contribution is -2.45. The molecule has 1 aromatic heterocycles. The fourth-order valence-electron chi connectivity index (χ4n) is 4.94. The molecular formula is C19H28FN3O4S. The van der Waals surface area contributed by atoms with Crippen LogP contribution in [0.1, 0.15) is 32.1 Å². The Morgan fingerprint density at radius 1 is 1.21 bits per heavy atom. The maximum absolute atomic E-state index is 14.2. The van der Waals surface area contributed by atoms with Crippen molar-refractivity contribution in [3.8, 4) is 5.88 Å². The Morgan fingerprint density at radius 3 is 2.61 bits per heavy atom. The fourth-order valence-corrected chi connectivity index (χ4v) is 6.43. The molecule has 28 heavy (non-hydrogen) atoms. The first-order valence-corrected chi connectivity index (χ1v) is 11.4. The first-order chi connectivity index (χ1) is 13.4. The average Bonchev–Trinajstić information content (AvgIpc) is 3.13. The van der Waals surface area contributed by atoms with Crippen molar-refractivity contribution in [2.75, 3.05) is 46.5 Å². The number of halogens is 1. The summed E-state index contributed by atoms with van der Waals surface area (Å²) in [5.41, 5.74) is 0.212. The van der Waals surface area contributed by atoms with Crippen LogP contribution < -0.4 is 4.74 Å². The van der Waals surface area contributed by atoms with E-state index >= 15 is 0 Å². The van der Waals surface area contributed by atoms with Crippen molar-refractivity contribution in [1.29, 1.82) is 0 Å². The Bertz CT molecular complexity index is 805. The molecule has 1 atom stereocenters. The Hall–Kier alpha value is -1.29. The van der Waals surface area contributed by atoms with Gasteiger partial charge >= 0.3 is 0 Å². The minimum absolute atomic E-state index is 0.0950. The molecule has 4 rings (SSSR count). The zero-order valence-electron chi connectivity index (χ0n) is 16.3. The number of sulfonamides is 1. The number of aromatic nitrogens is 1. The van der Waals surface area contributed by atoms with Crippen molar-refractivity contribution < 1.29 is 22.3 Å². The summed E-state index contributed by atoms with van der Waals surface area (Å²) in [6.07, 6.45) is 6.00. The molecule has 1 aromatic rings. The van der Waals surface area contributed by atoms with Gasteiger partial charge in [-0.15, -0.1) is 0 Å². The molecule has 3 fully saturated rings. The highest BCUT2D eigenvalue weighted by Crippen LogP contribution is 2.48. The van der Waals surface area contributed by atoms with Crippen molar-refractivity contribution >= 4 is 10.0 Å². The van der Waals surface area contributed by atoms with E-state index in [0.29, 0.717) is 19.1 Å². The van der Waals surface area contributed by atoms with E-state index in [0.717, 1.165) is 58.2 Å². The highest BCUT2D eigenvalue weighted by molar-refractivity contribution is 7.89. The van der Waals surface area contributed by atoms with Crippen LogP contribution in [0, 0.1) is 11.2 Å². The molecule has 1 saturated carbocycles. The van der Waals surface area contributed by atoms with Crippen molar-refractivity contribution in [2.24, 2.45) is 5.41 Å². The molecule has 7 nitrogen and oxygen atoms in total. The molecule has 3 aliphatic rings. The topological polar surface area (TPSA) is 72.0 Å². The number of ether oxygens (including phenoxy) is 2. The van der Waals surface area contributed by atoms with Crippen molar-refractivity contribution in [2.45, 2.75) is 43.0 Å². The lowest BCUT2D eigenvalue weighted by molar-refractivity contribution is 0.0137. The van der Waals surface area contributed by atoms with Gasteiger partial charge in [0.1, 0.15) is 4.90 Å². The molecule has 9 heteroatoms. The standard InChI is InChI=1S/C19H28FN3O4S/c1-26-18-12-17(16(20)14-21-18)28(24,25)23-6-4-19(5-7-23)3-2-15(13-19)22-8-10-27-11-9-22/h12,14-15H,2-11,13H2,1H3. The normalized spacial score (nSPS) is 26.6. The second-order valence-electron chi connectivity index (χ2n) is 8.11. The van der Waals surface area contributed by atoms with Gasteiger partial charge in [0.15, 0.2) is 5.82 Å². The second-order valence-corrected chi connectivity index (χ2v) is 10.0. The van der Waals surface area contributed by atoms with Crippen LogP contribution in [0.3, 0.4) is 0 Å². The quantitative estimate of drug-likeness (QED) is 0.751. The number of hydrogen-bond acceptors (Lipinski definition) is 6. The Morgan fingerprint density at radius 2 is 1.93 bits per heavy atom. The summed E-state index contributed by atoms with van der Waals surface area (Å²) in [4.78, 5) is 5.91. The molecule has 1 unspecified atom stereocenters. The largest absolute Gasteiger partial charge is 0.481 e. The van der Waals surface area contributed by atoms with E-state index in [-0.39, 0.29) is 16.2 Å². The Kier molecular flexibility index (Phi) is 5.61. The molecule has 0 N–H and O–H groups in total. The van der Waals surface area contributed by atoms with Gasteiger partial charge in [-0.05, 0) is 37.5 Å². The number of methoxy groups -OCH3 is 1. The number of piperidine rings is 1. The van der Waals surface area contributed by atoms with Crippen molar-refractivity contribution in [1.82, 2.24) is 14.2 Å². The molecule has 3 heterocycles. The minimum atomic E-state index is -3.89. The van der Waals surface area contributed by atoms with Crippen LogP contribution >= 0.6 is 0 Å². The highest BCUT2D eigenvalue weighted by Gasteiger charge is 2.45. The number of morpholine rings is 1.